The Balaban J connectivity index is 2.40. The van der Waals surface area contributed by atoms with E-state index in [1.54, 1.807) is 42.5 Å². The van der Waals surface area contributed by atoms with E-state index in [4.69, 9.17) is 14.6 Å². The molecule has 2 rings (SSSR count). The second kappa shape index (κ2) is 8.96. The number of carbonyl (C=O) groups is 3. The zero-order chi connectivity index (χ0) is 19.8. The molecule has 0 aliphatic carbocycles. The van der Waals surface area contributed by atoms with Gasteiger partial charge in [0, 0.05) is 18.2 Å². The minimum atomic E-state index is -1.11. The molecule has 0 fully saturated rings. The van der Waals surface area contributed by atoms with E-state index >= 15 is 0 Å². The summed E-state index contributed by atoms with van der Waals surface area (Å²) in [6.45, 7) is 6.66. The lowest BCUT2D eigenvalue weighted by molar-refractivity contribution is -0.131. The van der Waals surface area contributed by atoms with E-state index in [9.17, 15) is 14.4 Å². The molecule has 0 heterocycles. The highest BCUT2D eigenvalue weighted by atomic mass is 16.5. The summed E-state index contributed by atoms with van der Waals surface area (Å²) in [7, 11) is 0. The highest BCUT2D eigenvalue weighted by Crippen LogP contribution is 2.30. The van der Waals surface area contributed by atoms with Crippen molar-refractivity contribution >= 4 is 24.0 Å². The van der Waals surface area contributed by atoms with Gasteiger partial charge in [-0.3, -0.25) is 0 Å². The lowest BCUT2D eigenvalue weighted by Crippen LogP contribution is -2.03. The molecule has 6 nitrogen and oxygen atoms in total. The number of hydrogen-bond donors (Lipinski definition) is 1. The molecule has 0 aliphatic heterocycles. The predicted octanol–water partition coefficient (Wildman–Crippen LogP) is 3.63. The van der Waals surface area contributed by atoms with Gasteiger partial charge in [-0.25, -0.2) is 14.4 Å². The third-order valence-corrected chi connectivity index (χ3v) is 3.36. The number of carbonyl (C=O) groups excluding carboxylic acids is 2. The number of benzene rings is 2. The molecule has 0 saturated heterocycles. The number of ether oxygens (including phenoxy) is 2. The van der Waals surface area contributed by atoms with Crippen LogP contribution in [0.1, 0.15) is 5.56 Å². The molecule has 1 N–H and O–H groups in total. The zero-order valence-corrected chi connectivity index (χ0v) is 14.3. The minimum absolute atomic E-state index is 0.255. The van der Waals surface area contributed by atoms with Crippen LogP contribution < -0.4 is 9.47 Å². The van der Waals surface area contributed by atoms with Crippen molar-refractivity contribution in [3.63, 3.8) is 0 Å². The summed E-state index contributed by atoms with van der Waals surface area (Å²) in [6.07, 6.45) is 4.47. The highest BCUT2D eigenvalue weighted by molar-refractivity contribution is 5.89. The van der Waals surface area contributed by atoms with Gasteiger partial charge in [0.15, 0.2) is 0 Å². The van der Waals surface area contributed by atoms with Crippen LogP contribution in [0.25, 0.3) is 17.2 Å². The topological polar surface area (TPSA) is 89.9 Å². The molecule has 0 radical (unpaired) electrons. The first-order chi connectivity index (χ1) is 12.9. The Bertz CT molecular complexity index is 922. The third-order valence-electron chi connectivity index (χ3n) is 3.36. The molecule has 27 heavy (non-hydrogen) atoms. The van der Waals surface area contributed by atoms with Crippen LogP contribution >= 0.6 is 0 Å². The van der Waals surface area contributed by atoms with Gasteiger partial charge < -0.3 is 14.6 Å². The average Bonchev–Trinajstić information content (AvgIpc) is 2.67. The van der Waals surface area contributed by atoms with Crippen molar-refractivity contribution in [2.45, 2.75) is 0 Å². The summed E-state index contributed by atoms with van der Waals surface area (Å²) in [6, 6.07) is 11.5. The zero-order valence-electron chi connectivity index (χ0n) is 14.3. The summed E-state index contributed by atoms with van der Waals surface area (Å²) >= 11 is 0. The van der Waals surface area contributed by atoms with Crippen LogP contribution in [0.15, 0.2) is 73.9 Å². The van der Waals surface area contributed by atoms with Crippen LogP contribution in [-0.2, 0) is 14.4 Å². The standard InChI is InChI=1S/C21H16O6/c1-3-20(24)26-16-8-5-14(6-9-16)18-11-10-17(27-21(25)4-2)13-15(18)7-12-19(22)23/h3-13H,1-2H2,(H,22,23). The van der Waals surface area contributed by atoms with Gasteiger partial charge in [0.05, 0.1) is 0 Å². The number of aliphatic carboxylic acids is 1. The van der Waals surface area contributed by atoms with Crippen molar-refractivity contribution in [2.24, 2.45) is 0 Å². The number of carboxylic acids is 1. The van der Waals surface area contributed by atoms with Gasteiger partial charge in [0.1, 0.15) is 11.5 Å². The van der Waals surface area contributed by atoms with Gasteiger partial charge in [-0.05, 0) is 47.0 Å². The van der Waals surface area contributed by atoms with Crippen molar-refractivity contribution in [2.75, 3.05) is 0 Å². The lowest BCUT2D eigenvalue weighted by atomic mass is 9.99. The maximum absolute atomic E-state index is 11.4. The molecular formula is C21H16O6. The summed E-state index contributed by atoms with van der Waals surface area (Å²) in [5.41, 5.74) is 1.98. The van der Waals surface area contributed by atoms with Gasteiger partial charge >= 0.3 is 17.9 Å². The summed E-state index contributed by atoms with van der Waals surface area (Å²) in [4.78, 5) is 33.5. The van der Waals surface area contributed by atoms with E-state index in [1.165, 1.54) is 6.08 Å². The molecule has 6 heteroatoms. The Morgan fingerprint density at radius 1 is 0.852 bits per heavy atom. The summed E-state index contributed by atoms with van der Waals surface area (Å²) < 4.78 is 10.1. The van der Waals surface area contributed by atoms with Gasteiger partial charge in [0.2, 0.25) is 0 Å². The average molecular weight is 364 g/mol. The fraction of sp³-hybridized carbons (Fsp3) is 0. The fourth-order valence-electron chi connectivity index (χ4n) is 2.18. The molecule has 0 unspecified atom stereocenters. The monoisotopic (exact) mass is 364 g/mol. The normalized spacial score (nSPS) is 10.2. The smallest absolute Gasteiger partial charge is 0.335 e. The van der Waals surface area contributed by atoms with Gasteiger partial charge in [-0.1, -0.05) is 31.4 Å². The molecule has 2 aromatic carbocycles. The second-order valence-electron chi connectivity index (χ2n) is 5.20. The number of hydrogen-bond acceptors (Lipinski definition) is 5. The molecule has 0 aromatic heterocycles. The SMILES string of the molecule is C=CC(=O)Oc1ccc(-c2ccc(OC(=O)C=C)cc2C=CC(=O)O)cc1. The van der Waals surface area contributed by atoms with Crippen LogP contribution in [0.3, 0.4) is 0 Å². The Hall–Kier alpha value is -3.93. The van der Waals surface area contributed by atoms with E-state index in [1.807, 2.05) is 0 Å². The van der Waals surface area contributed by atoms with Gasteiger partial charge in [0.25, 0.3) is 0 Å². The third kappa shape index (κ3) is 5.54. The molecular weight excluding hydrogens is 348 g/mol. The summed E-state index contributed by atoms with van der Waals surface area (Å²) in [5.74, 6) is -1.69. The fourth-order valence-corrected chi connectivity index (χ4v) is 2.18. The summed E-state index contributed by atoms with van der Waals surface area (Å²) in [5, 5.41) is 8.89. The largest absolute Gasteiger partial charge is 0.478 e. The van der Waals surface area contributed by atoms with Crippen molar-refractivity contribution in [3.05, 3.63) is 79.4 Å². The molecule has 0 amide bonds. The Kier molecular flexibility index (Phi) is 6.44. The van der Waals surface area contributed by atoms with Crippen LogP contribution in [-0.4, -0.2) is 23.0 Å². The molecule has 0 aliphatic rings. The Labute approximate surface area is 155 Å². The Morgan fingerprint density at radius 2 is 1.41 bits per heavy atom. The molecule has 0 atom stereocenters. The Morgan fingerprint density at radius 3 is 1.96 bits per heavy atom. The highest BCUT2D eigenvalue weighted by Gasteiger charge is 2.09. The van der Waals surface area contributed by atoms with Gasteiger partial charge in [-0.2, -0.15) is 0 Å². The van der Waals surface area contributed by atoms with E-state index in [-0.39, 0.29) is 5.75 Å². The predicted molar refractivity (Wildman–Crippen MR) is 100 cm³/mol. The van der Waals surface area contributed by atoms with E-state index in [0.717, 1.165) is 23.8 Å². The molecule has 2 aromatic rings. The van der Waals surface area contributed by atoms with E-state index in [2.05, 4.69) is 13.2 Å². The number of carboxylic acid groups (broad SMARTS) is 1. The lowest BCUT2D eigenvalue weighted by Gasteiger charge is -2.10. The van der Waals surface area contributed by atoms with Gasteiger partial charge in [-0.15, -0.1) is 0 Å². The molecule has 0 spiro atoms. The van der Waals surface area contributed by atoms with Crippen LogP contribution in [0.4, 0.5) is 0 Å². The van der Waals surface area contributed by atoms with E-state index in [0.29, 0.717) is 16.9 Å². The molecule has 0 saturated carbocycles. The molecule has 136 valence electrons. The number of rotatable bonds is 7. The maximum atomic E-state index is 11.4. The first-order valence-corrected chi connectivity index (χ1v) is 7.77. The molecule has 0 bridgehead atoms. The van der Waals surface area contributed by atoms with Crippen LogP contribution in [0.2, 0.25) is 0 Å². The van der Waals surface area contributed by atoms with Crippen LogP contribution in [0.5, 0.6) is 11.5 Å². The van der Waals surface area contributed by atoms with Crippen molar-refractivity contribution in [3.8, 4) is 22.6 Å². The number of esters is 2. The maximum Gasteiger partial charge on any atom is 0.335 e. The second-order valence-corrected chi connectivity index (χ2v) is 5.20. The minimum Gasteiger partial charge on any atom is -0.478 e. The van der Waals surface area contributed by atoms with Crippen molar-refractivity contribution in [1.82, 2.24) is 0 Å². The van der Waals surface area contributed by atoms with E-state index < -0.39 is 17.9 Å². The van der Waals surface area contributed by atoms with Crippen molar-refractivity contribution < 1.29 is 29.0 Å². The first-order valence-electron chi connectivity index (χ1n) is 7.77. The van der Waals surface area contributed by atoms with Crippen LogP contribution in [0, 0.1) is 0 Å². The van der Waals surface area contributed by atoms with Crippen molar-refractivity contribution in [1.29, 1.82) is 0 Å². The quantitative estimate of drug-likeness (QED) is 0.458. The first kappa shape index (κ1) is 19.4.